The molecule has 1 amide bonds. The predicted octanol–water partition coefficient (Wildman–Crippen LogP) is 2.23. The van der Waals surface area contributed by atoms with Crippen molar-refractivity contribution in [2.45, 2.75) is 26.3 Å². The highest BCUT2D eigenvalue weighted by molar-refractivity contribution is 5.90. The molecule has 1 aliphatic rings. The lowest BCUT2D eigenvalue weighted by Crippen LogP contribution is -2.29. The van der Waals surface area contributed by atoms with Crippen LogP contribution >= 0.6 is 0 Å². The average Bonchev–Trinajstić information content (AvgIpc) is 2.88. The fraction of sp³-hybridized carbons (Fsp3) is 0.278. The van der Waals surface area contributed by atoms with Gasteiger partial charge in [-0.2, -0.15) is 0 Å². The number of benzene rings is 1. The minimum Gasteiger partial charge on any atom is -0.497 e. The van der Waals surface area contributed by atoms with Gasteiger partial charge in [0.15, 0.2) is 5.82 Å². The molecule has 0 bridgehead atoms. The van der Waals surface area contributed by atoms with Gasteiger partial charge in [0.2, 0.25) is 0 Å². The number of nitrogens with zero attached hydrogens (tertiary/aromatic N) is 1. The van der Waals surface area contributed by atoms with E-state index in [9.17, 15) is 9.59 Å². The molecule has 1 aromatic carbocycles. The first-order valence-corrected chi connectivity index (χ1v) is 7.73. The Labute approximate surface area is 139 Å². The van der Waals surface area contributed by atoms with Crippen molar-refractivity contribution in [3.05, 3.63) is 62.8 Å². The average molecular weight is 325 g/mol. The number of fused-ring (bicyclic) bond motifs is 1. The third kappa shape index (κ3) is 2.95. The lowest BCUT2D eigenvalue weighted by atomic mass is 10.0. The largest absolute Gasteiger partial charge is 0.497 e. The van der Waals surface area contributed by atoms with E-state index in [1.165, 1.54) is 0 Å². The first-order chi connectivity index (χ1) is 11.5. The molecule has 1 aliphatic carbocycles. The number of hydrogen-bond acceptors (Lipinski definition) is 4. The molecule has 2 N–H and O–H groups in total. The SMILES string of the molecule is COc1cccc(CNC(=O)c2nc3c(c(=O)[nH]2)C=C(C)C3C)c1. The lowest BCUT2D eigenvalue weighted by molar-refractivity contribution is 0.0939. The zero-order valence-corrected chi connectivity index (χ0v) is 13.8. The highest BCUT2D eigenvalue weighted by Crippen LogP contribution is 2.31. The summed E-state index contributed by atoms with van der Waals surface area (Å²) in [6.07, 6.45) is 1.82. The van der Waals surface area contributed by atoms with Crippen molar-refractivity contribution >= 4 is 12.0 Å². The molecular formula is C18H19N3O3. The van der Waals surface area contributed by atoms with E-state index >= 15 is 0 Å². The molecule has 6 heteroatoms. The maximum atomic E-state index is 12.3. The Bertz CT molecular complexity index is 883. The summed E-state index contributed by atoms with van der Waals surface area (Å²) in [4.78, 5) is 31.4. The third-order valence-corrected chi connectivity index (χ3v) is 4.25. The highest BCUT2D eigenvalue weighted by Gasteiger charge is 2.24. The van der Waals surface area contributed by atoms with Gasteiger partial charge in [0.05, 0.1) is 18.4 Å². The predicted molar refractivity (Wildman–Crippen MR) is 91.1 cm³/mol. The molecule has 1 heterocycles. The Morgan fingerprint density at radius 1 is 1.42 bits per heavy atom. The maximum absolute atomic E-state index is 12.3. The topological polar surface area (TPSA) is 84.1 Å². The van der Waals surface area contributed by atoms with E-state index in [1.54, 1.807) is 7.11 Å². The molecule has 0 radical (unpaired) electrons. The van der Waals surface area contributed by atoms with Gasteiger partial charge in [-0.1, -0.05) is 24.6 Å². The molecular weight excluding hydrogens is 306 g/mol. The van der Waals surface area contributed by atoms with E-state index in [0.717, 1.165) is 16.9 Å². The van der Waals surface area contributed by atoms with Gasteiger partial charge in [-0.05, 0) is 30.7 Å². The fourth-order valence-corrected chi connectivity index (χ4v) is 2.69. The number of hydrogen-bond donors (Lipinski definition) is 2. The smallest absolute Gasteiger partial charge is 0.287 e. The van der Waals surface area contributed by atoms with E-state index in [1.807, 2.05) is 44.2 Å². The summed E-state index contributed by atoms with van der Waals surface area (Å²) in [5.74, 6) is 0.402. The summed E-state index contributed by atoms with van der Waals surface area (Å²) in [7, 11) is 1.59. The van der Waals surface area contributed by atoms with Crippen LogP contribution < -0.4 is 15.6 Å². The standard InChI is InChI=1S/C18H19N3O3/c1-10-7-14-15(11(10)2)20-16(21-17(14)22)18(23)19-9-12-5-4-6-13(8-12)24-3/h4-8,11H,9H2,1-3H3,(H,19,23)(H,20,21,22). The Hall–Kier alpha value is -2.89. The molecule has 24 heavy (non-hydrogen) atoms. The molecule has 1 unspecified atom stereocenters. The van der Waals surface area contributed by atoms with Crippen molar-refractivity contribution in [1.82, 2.24) is 15.3 Å². The summed E-state index contributed by atoms with van der Waals surface area (Å²) in [6, 6.07) is 7.42. The second-order valence-corrected chi connectivity index (χ2v) is 5.86. The molecule has 2 aromatic rings. The summed E-state index contributed by atoms with van der Waals surface area (Å²) >= 11 is 0. The highest BCUT2D eigenvalue weighted by atomic mass is 16.5. The Kier molecular flexibility index (Phi) is 4.20. The summed E-state index contributed by atoms with van der Waals surface area (Å²) < 4.78 is 5.16. The number of H-pyrrole nitrogens is 1. The number of nitrogens with one attached hydrogen (secondary N) is 2. The van der Waals surface area contributed by atoms with Crippen LogP contribution in [0.5, 0.6) is 5.75 Å². The fourth-order valence-electron chi connectivity index (χ4n) is 2.69. The molecule has 1 atom stereocenters. The minimum atomic E-state index is -0.408. The third-order valence-electron chi connectivity index (χ3n) is 4.25. The van der Waals surface area contributed by atoms with Gasteiger partial charge in [-0.15, -0.1) is 0 Å². The minimum absolute atomic E-state index is 0.0385. The summed E-state index contributed by atoms with van der Waals surface area (Å²) in [5, 5.41) is 2.77. The molecule has 0 saturated carbocycles. The Morgan fingerprint density at radius 2 is 2.21 bits per heavy atom. The number of rotatable bonds is 4. The van der Waals surface area contributed by atoms with E-state index in [0.29, 0.717) is 17.8 Å². The van der Waals surface area contributed by atoms with Crippen molar-refractivity contribution < 1.29 is 9.53 Å². The van der Waals surface area contributed by atoms with E-state index < -0.39 is 5.91 Å². The number of carbonyl (C=O) groups excluding carboxylic acids is 1. The van der Waals surface area contributed by atoms with Crippen molar-refractivity contribution in [3.63, 3.8) is 0 Å². The maximum Gasteiger partial charge on any atom is 0.287 e. The van der Waals surface area contributed by atoms with Gasteiger partial charge in [0.1, 0.15) is 5.75 Å². The van der Waals surface area contributed by atoms with Crippen molar-refractivity contribution in [2.75, 3.05) is 7.11 Å². The second-order valence-electron chi connectivity index (χ2n) is 5.86. The van der Waals surface area contributed by atoms with Crippen LogP contribution in [0.3, 0.4) is 0 Å². The van der Waals surface area contributed by atoms with Gasteiger partial charge in [-0.3, -0.25) is 9.59 Å². The van der Waals surface area contributed by atoms with Crippen LogP contribution in [0.2, 0.25) is 0 Å². The number of aromatic nitrogens is 2. The quantitative estimate of drug-likeness (QED) is 0.903. The molecule has 124 valence electrons. The van der Waals surface area contributed by atoms with Gasteiger partial charge in [0, 0.05) is 12.5 Å². The molecule has 3 rings (SSSR count). The first kappa shape index (κ1) is 16.0. The van der Waals surface area contributed by atoms with Crippen molar-refractivity contribution in [1.29, 1.82) is 0 Å². The monoisotopic (exact) mass is 325 g/mol. The number of methoxy groups -OCH3 is 1. The molecule has 1 aromatic heterocycles. The summed E-state index contributed by atoms with van der Waals surface area (Å²) in [6.45, 7) is 4.25. The van der Waals surface area contributed by atoms with Crippen LogP contribution in [-0.2, 0) is 6.54 Å². The zero-order chi connectivity index (χ0) is 17.3. The van der Waals surface area contributed by atoms with Crippen LogP contribution in [0, 0.1) is 0 Å². The number of allylic oxidation sites excluding steroid dienone is 1. The number of amides is 1. The van der Waals surface area contributed by atoms with Crippen LogP contribution in [0.4, 0.5) is 0 Å². The van der Waals surface area contributed by atoms with E-state index in [-0.39, 0.29) is 17.3 Å². The summed E-state index contributed by atoms with van der Waals surface area (Å²) in [5.41, 5.74) is 2.89. The molecule has 6 nitrogen and oxygen atoms in total. The second kappa shape index (κ2) is 6.31. The number of ether oxygens (including phenoxy) is 1. The zero-order valence-electron chi connectivity index (χ0n) is 13.8. The van der Waals surface area contributed by atoms with Crippen LogP contribution in [0.1, 0.15) is 47.2 Å². The van der Waals surface area contributed by atoms with Gasteiger partial charge < -0.3 is 15.0 Å². The molecule has 0 saturated heterocycles. The van der Waals surface area contributed by atoms with E-state index in [2.05, 4.69) is 15.3 Å². The van der Waals surface area contributed by atoms with Gasteiger partial charge in [-0.25, -0.2) is 4.98 Å². The van der Waals surface area contributed by atoms with Crippen LogP contribution in [0.15, 0.2) is 34.6 Å². The van der Waals surface area contributed by atoms with Crippen LogP contribution in [0.25, 0.3) is 6.08 Å². The van der Waals surface area contributed by atoms with Crippen molar-refractivity contribution in [3.8, 4) is 5.75 Å². The molecule has 0 spiro atoms. The first-order valence-electron chi connectivity index (χ1n) is 7.73. The van der Waals surface area contributed by atoms with Crippen molar-refractivity contribution in [2.24, 2.45) is 0 Å². The normalized spacial score (nSPS) is 15.6. The van der Waals surface area contributed by atoms with Gasteiger partial charge >= 0.3 is 0 Å². The number of carbonyl (C=O) groups is 1. The Morgan fingerprint density at radius 3 is 2.96 bits per heavy atom. The molecule has 0 aliphatic heterocycles. The molecule has 0 fully saturated rings. The van der Waals surface area contributed by atoms with Gasteiger partial charge in [0.25, 0.3) is 11.5 Å². The Balaban J connectivity index is 1.77. The number of aromatic amines is 1. The van der Waals surface area contributed by atoms with E-state index in [4.69, 9.17) is 4.74 Å². The van der Waals surface area contributed by atoms with Crippen LogP contribution in [-0.4, -0.2) is 23.0 Å². The lowest BCUT2D eigenvalue weighted by Gasteiger charge is -2.09.